The third kappa shape index (κ3) is 5.20. The van der Waals surface area contributed by atoms with Crippen LogP contribution in [0.2, 0.25) is 0 Å². The highest BCUT2D eigenvalue weighted by molar-refractivity contribution is 5.85. The molecule has 4 aromatic rings. The molecule has 0 N–H and O–H groups in total. The van der Waals surface area contributed by atoms with E-state index in [0.717, 1.165) is 57.9 Å². The van der Waals surface area contributed by atoms with Crippen LogP contribution >= 0.6 is 0 Å². The van der Waals surface area contributed by atoms with Crippen molar-refractivity contribution in [2.45, 2.75) is 26.4 Å². The van der Waals surface area contributed by atoms with E-state index in [2.05, 4.69) is 55.5 Å². The van der Waals surface area contributed by atoms with Crippen molar-refractivity contribution in [2.24, 2.45) is 0 Å². The molecular weight excluding hydrogens is 408 g/mol. The molecule has 33 heavy (non-hydrogen) atoms. The van der Waals surface area contributed by atoms with Crippen LogP contribution in [0, 0.1) is 0 Å². The molecule has 0 atom stereocenters. The number of hydrogen-bond acceptors (Lipinski definition) is 3. The molecule has 0 fully saturated rings. The molecule has 168 valence electrons. The maximum atomic E-state index is 6.60. The minimum atomic E-state index is 0.503. The maximum absolute atomic E-state index is 6.60. The van der Waals surface area contributed by atoms with Crippen molar-refractivity contribution in [3.05, 3.63) is 102 Å². The van der Waals surface area contributed by atoms with Crippen molar-refractivity contribution < 1.29 is 14.2 Å². The third-order valence-electron chi connectivity index (χ3n) is 5.77. The van der Waals surface area contributed by atoms with Crippen LogP contribution in [-0.2, 0) is 13.0 Å². The topological polar surface area (TPSA) is 27.7 Å². The number of methoxy groups -OCH3 is 2. The molecule has 0 heterocycles. The van der Waals surface area contributed by atoms with E-state index < -0.39 is 0 Å². The van der Waals surface area contributed by atoms with E-state index in [1.807, 2.05) is 42.5 Å². The predicted molar refractivity (Wildman–Crippen MR) is 135 cm³/mol. The van der Waals surface area contributed by atoms with E-state index in [4.69, 9.17) is 14.2 Å². The van der Waals surface area contributed by atoms with Gasteiger partial charge in [0.2, 0.25) is 0 Å². The molecule has 4 rings (SSSR count). The van der Waals surface area contributed by atoms with Gasteiger partial charge in [-0.15, -0.1) is 0 Å². The lowest BCUT2D eigenvalue weighted by atomic mass is 9.91. The van der Waals surface area contributed by atoms with Crippen LogP contribution in [0.15, 0.2) is 91.0 Å². The van der Waals surface area contributed by atoms with Crippen molar-refractivity contribution in [2.75, 3.05) is 14.2 Å². The molecule has 0 saturated carbocycles. The monoisotopic (exact) mass is 438 g/mol. The molecule has 0 amide bonds. The van der Waals surface area contributed by atoms with Gasteiger partial charge in [0, 0.05) is 11.1 Å². The Balaban J connectivity index is 1.87. The number of ether oxygens (including phenoxy) is 3. The summed E-state index contributed by atoms with van der Waals surface area (Å²) < 4.78 is 17.4. The molecule has 4 aromatic carbocycles. The Morgan fingerprint density at radius 2 is 1.24 bits per heavy atom. The molecule has 0 bridgehead atoms. The van der Waals surface area contributed by atoms with Gasteiger partial charge in [-0.2, -0.15) is 0 Å². The minimum absolute atomic E-state index is 0.503. The molecule has 0 spiro atoms. The molecule has 0 aromatic heterocycles. The van der Waals surface area contributed by atoms with Crippen LogP contribution in [0.5, 0.6) is 17.2 Å². The fourth-order valence-corrected chi connectivity index (χ4v) is 4.05. The highest BCUT2D eigenvalue weighted by Crippen LogP contribution is 2.43. The molecule has 0 radical (unpaired) electrons. The Labute approximate surface area is 196 Å². The Hall–Kier alpha value is -3.72. The Morgan fingerprint density at radius 3 is 1.82 bits per heavy atom. The summed E-state index contributed by atoms with van der Waals surface area (Å²) >= 11 is 0. The summed E-state index contributed by atoms with van der Waals surface area (Å²) in [6.45, 7) is 2.71. The number of hydrogen-bond donors (Lipinski definition) is 0. The quantitative estimate of drug-likeness (QED) is 0.270. The first kappa shape index (κ1) is 22.5. The lowest BCUT2D eigenvalue weighted by Gasteiger charge is -2.20. The van der Waals surface area contributed by atoms with Gasteiger partial charge < -0.3 is 14.2 Å². The lowest BCUT2D eigenvalue weighted by Crippen LogP contribution is -2.02. The Kier molecular flexibility index (Phi) is 7.31. The minimum Gasteiger partial charge on any atom is -0.497 e. The van der Waals surface area contributed by atoms with E-state index >= 15 is 0 Å². The van der Waals surface area contributed by atoms with Crippen LogP contribution in [-0.4, -0.2) is 14.2 Å². The first-order valence-corrected chi connectivity index (χ1v) is 11.3. The molecule has 3 heteroatoms. The molecule has 0 saturated heterocycles. The van der Waals surface area contributed by atoms with Crippen LogP contribution < -0.4 is 14.2 Å². The summed E-state index contributed by atoms with van der Waals surface area (Å²) in [7, 11) is 3.38. The van der Waals surface area contributed by atoms with Crippen LogP contribution in [0.3, 0.4) is 0 Å². The SMILES string of the molecule is CCCc1ccc(-c2ccc(OC)cc2)c(OCc2ccccc2)c1-c1ccc(OC)cc1. The number of aryl methyl sites for hydroxylation is 1. The summed E-state index contributed by atoms with van der Waals surface area (Å²) in [4.78, 5) is 0. The highest BCUT2D eigenvalue weighted by Gasteiger charge is 2.18. The van der Waals surface area contributed by atoms with Crippen LogP contribution in [0.1, 0.15) is 24.5 Å². The smallest absolute Gasteiger partial charge is 0.135 e. The largest absolute Gasteiger partial charge is 0.497 e. The Bertz CT molecular complexity index is 1160. The maximum Gasteiger partial charge on any atom is 0.135 e. The molecular formula is C30H30O3. The van der Waals surface area contributed by atoms with Crippen molar-refractivity contribution in [3.8, 4) is 39.5 Å². The zero-order valence-electron chi connectivity index (χ0n) is 19.5. The first-order valence-electron chi connectivity index (χ1n) is 11.3. The first-order chi connectivity index (χ1) is 16.2. The van der Waals surface area contributed by atoms with Gasteiger partial charge in [0.15, 0.2) is 0 Å². The molecule has 0 aliphatic rings. The highest BCUT2D eigenvalue weighted by atomic mass is 16.5. The average molecular weight is 439 g/mol. The second-order valence-corrected chi connectivity index (χ2v) is 7.96. The lowest BCUT2D eigenvalue weighted by molar-refractivity contribution is 0.308. The van der Waals surface area contributed by atoms with Crippen molar-refractivity contribution in [1.29, 1.82) is 0 Å². The predicted octanol–water partition coefficient (Wildman–Crippen LogP) is 7.57. The number of benzene rings is 4. The fraction of sp³-hybridized carbons (Fsp3) is 0.200. The van der Waals surface area contributed by atoms with E-state index in [9.17, 15) is 0 Å². The van der Waals surface area contributed by atoms with Crippen molar-refractivity contribution >= 4 is 0 Å². The van der Waals surface area contributed by atoms with Gasteiger partial charge in [0.1, 0.15) is 23.9 Å². The summed E-state index contributed by atoms with van der Waals surface area (Å²) in [5.41, 5.74) is 6.85. The van der Waals surface area contributed by atoms with Gasteiger partial charge >= 0.3 is 0 Å². The summed E-state index contributed by atoms with van der Waals surface area (Å²) in [5.74, 6) is 2.58. The van der Waals surface area contributed by atoms with E-state index in [-0.39, 0.29) is 0 Å². The van der Waals surface area contributed by atoms with E-state index in [0.29, 0.717) is 6.61 Å². The van der Waals surface area contributed by atoms with E-state index in [1.54, 1.807) is 14.2 Å². The Morgan fingerprint density at radius 1 is 0.636 bits per heavy atom. The third-order valence-corrected chi connectivity index (χ3v) is 5.77. The molecule has 0 aliphatic carbocycles. The van der Waals surface area contributed by atoms with Gasteiger partial charge in [-0.25, -0.2) is 0 Å². The molecule has 0 unspecified atom stereocenters. The second kappa shape index (κ2) is 10.7. The summed E-state index contributed by atoms with van der Waals surface area (Å²) in [6, 6.07) is 31.1. The number of rotatable bonds is 9. The normalized spacial score (nSPS) is 10.6. The van der Waals surface area contributed by atoms with Gasteiger partial charge in [0.05, 0.1) is 14.2 Å². The zero-order chi connectivity index (χ0) is 23.0. The van der Waals surface area contributed by atoms with Gasteiger partial charge in [-0.3, -0.25) is 0 Å². The molecule has 0 aliphatic heterocycles. The van der Waals surface area contributed by atoms with E-state index in [1.165, 1.54) is 5.56 Å². The van der Waals surface area contributed by atoms with Gasteiger partial charge in [0.25, 0.3) is 0 Å². The van der Waals surface area contributed by atoms with Crippen LogP contribution in [0.25, 0.3) is 22.3 Å². The van der Waals surface area contributed by atoms with Crippen molar-refractivity contribution in [1.82, 2.24) is 0 Å². The van der Waals surface area contributed by atoms with Crippen molar-refractivity contribution in [3.63, 3.8) is 0 Å². The standard InChI is InChI=1S/C30H30O3/c1-4-8-24-15-20-28(23-11-16-26(31-2)17-12-23)30(33-21-22-9-6-5-7-10-22)29(24)25-13-18-27(32-3)19-14-25/h5-7,9-20H,4,8,21H2,1-3H3. The second-order valence-electron chi connectivity index (χ2n) is 7.96. The van der Waals surface area contributed by atoms with Crippen LogP contribution in [0.4, 0.5) is 0 Å². The van der Waals surface area contributed by atoms with Gasteiger partial charge in [-0.05, 0) is 52.9 Å². The zero-order valence-corrected chi connectivity index (χ0v) is 19.5. The fourth-order valence-electron chi connectivity index (χ4n) is 4.05. The molecule has 3 nitrogen and oxygen atoms in total. The summed E-state index contributed by atoms with van der Waals surface area (Å²) in [5, 5.41) is 0. The summed E-state index contributed by atoms with van der Waals surface area (Å²) in [6.07, 6.45) is 2.04. The average Bonchev–Trinajstić information content (AvgIpc) is 2.88. The van der Waals surface area contributed by atoms with Gasteiger partial charge in [-0.1, -0.05) is 80.1 Å².